The Labute approximate surface area is 138 Å². The van der Waals surface area contributed by atoms with Crippen LogP contribution in [-0.4, -0.2) is 33.3 Å². The van der Waals surface area contributed by atoms with Crippen LogP contribution in [0.1, 0.15) is 45.7 Å². The van der Waals surface area contributed by atoms with E-state index < -0.39 is 10.0 Å². The molecule has 2 heterocycles. The smallest absolute Gasteiger partial charge is 0.262 e. The molecule has 0 spiro atoms. The predicted molar refractivity (Wildman–Crippen MR) is 89.3 cm³/mol. The van der Waals surface area contributed by atoms with Gasteiger partial charge in [-0.1, -0.05) is 13.0 Å². The molecule has 0 amide bonds. The molecule has 6 nitrogen and oxygen atoms in total. The molecule has 0 aliphatic carbocycles. The SMILES string of the molecule is CC[C@@H](C)n1cnc(S(=O)(=O)N(Cc2cccnc2)C(C)C)c1. The van der Waals surface area contributed by atoms with Crippen molar-refractivity contribution in [1.82, 2.24) is 18.8 Å². The molecular formula is C16H24N4O2S. The van der Waals surface area contributed by atoms with Crippen LogP contribution in [0.5, 0.6) is 0 Å². The Morgan fingerprint density at radius 3 is 2.61 bits per heavy atom. The van der Waals surface area contributed by atoms with Crippen LogP contribution in [0, 0.1) is 0 Å². The van der Waals surface area contributed by atoms with E-state index >= 15 is 0 Å². The normalized spacial score (nSPS) is 13.7. The highest BCUT2D eigenvalue weighted by atomic mass is 32.2. The first-order chi connectivity index (χ1) is 10.9. The van der Waals surface area contributed by atoms with Crippen LogP contribution in [0.25, 0.3) is 0 Å². The molecule has 2 aromatic rings. The zero-order valence-corrected chi connectivity index (χ0v) is 14.9. The number of imidazole rings is 1. The summed E-state index contributed by atoms with van der Waals surface area (Å²) in [5, 5.41) is 0.0930. The maximum atomic E-state index is 12.9. The minimum absolute atomic E-state index is 0.0930. The van der Waals surface area contributed by atoms with Crippen molar-refractivity contribution in [3.05, 3.63) is 42.6 Å². The fourth-order valence-electron chi connectivity index (χ4n) is 2.24. The summed E-state index contributed by atoms with van der Waals surface area (Å²) in [4.78, 5) is 8.17. The van der Waals surface area contributed by atoms with Crippen molar-refractivity contribution in [2.75, 3.05) is 0 Å². The predicted octanol–water partition coefficient (Wildman–Crippen LogP) is 2.85. The molecule has 0 fully saturated rings. The van der Waals surface area contributed by atoms with Gasteiger partial charge in [0.25, 0.3) is 10.0 Å². The lowest BCUT2D eigenvalue weighted by molar-refractivity contribution is 0.346. The van der Waals surface area contributed by atoms with Crippen molar-refractivity contribution < 1.29 is 8.42 Å². The van der Waals surface area contributed by atoms with Crippen molar-refractivity contribution in [3.8, 4) is 0 Å². The van der Waals surface area contributed by atoms with Crippen LogP contribution in [0.15, 0.2) is 42.1 Å². The summed E-state index contributed by atoms with van der Waals surface area (Å²) < 4.78 is 29.2. The summed E-state index contributed by atoms with van der Waals surface area (Å²) in [5.41, 5.74) is 0.853. The van der Waals surface area contributed by atoms with Gasteiger partial charge in [0, 0.05) is 37.2 Å². The van der Waals surface area contributed by atoms with Gasteiger partial charge in [0.15, 0.2) is 5.03 Å². The largest absolute Gasteiger partial charge is 0.333 e. The van der Waals surface area contributed by atoms with Gasteiger partial charge in [-0.15, -0.1) is 0 Å². The van der Waals surface area contributed by atoms with Crippen LogP contribution in [-0.2, 0) is 16.6 Å². The fraction of sp³-hybridized carbons (Fsp3) is 0.500. The molecule has 0 aliphatic heterocycles. The van der Waals surface area contributed by atoms with Crippen molar-refractivity contribution in [3.63, 3.8) is 0 Å². The first-order valence-corrected chi connectivity index (χ1v) is 9.24. The van der Waals surface area contributed by atoms with Crippen LogP contribution in [0.4, 0.5) is 0 Å². The van der Waals surface area contributed by atoms with E-state index in [1.165, 1.54) is 4.31 Å². The topological polar surface area (TPSA) is 68.1 Å². The van der Waals surface area contributed by atoms with Gasteiger partial charge < -0.3 is 4.57 Å². The first-order valence-electron chi connectivity index (χ1n) is 7.80. The molecule has 1 atom stereocenters. The fourth-order valence-corrected chi connectivity index (χ4v) is 3.79. The van der Waals surface area contributed by atoms with Gasteiger partial charge in [-0.2, -0.15) is 4.31 Å². The monoisotopic (exact) mass is 336 g/mol. The Hall–Kier alpha value is -1.73. The zero-order chi connectivity index (χ0) is 17.0. The van der Waals surface area contributed by atoms with E-state index in [0.29, 0.717) is 0 Å². The molecule has 0 saturated heterocycles. The number of hydrogen-bond acceptors (Lipinski definition) is 4. The highest BCUT2D eigenvalue weighted by Gasteiger charge is 2.29. The average Bonchev–Trinajstić information content (AvgIpc) is 3.03. The second-order valence-electron chi connectivity index (χ2n) is 5.92. The average molecular weight is 336 g/mol. The maximum absolute atomic E-state index is 12.9. The molecule has 0 bridgehead atoms. The molecule has 23 heavy (non-hydrogen) atoms. The second-order valence-corrected chi connectivity index (χ2v) is 7.76. The summed E-state index contributed by atoms with van der Waals surface area (Å²) >= 11 is 0. The quantitative estimate of drug-likeness (QED) is 0.780. The molecule has 2 rings (SSSR count). The van der Waals surface area contributed by atoms with E-state index in [9.17, 15) is 8.42 Å². The summed E-state index contributed by atoms with van der Waals surface area (Å²) in [6.45, 7) is 8.10. The minimum atomic E-state index is -3.65. The Bertz CT molecular complexity index is 726. The van der Waals surface area contributed by atoms with Gasteiger partial charge in [-0.3, -0.25) is 4.98 Å². The number of aromatic nitrogens is 3. The lowest BCUT2D eigenvalue weighted by atomic mass is 10.2. The lowest BCUT2D eigenvalue weighted by Crippen LogP contribution is -2.36. The third-order valence-electron chi connectivity index (χ3n) is 3.89. The highest BCUT2D eigenvalue weighted by molar-refractivity contribution is 7.89. The molecule has 2 aromatic heterocycles. The molecule has 126 valence electrons. The van der Waals surface area contributed by atoms with Gasteiger partial charge >= 0.3 is 0 Å². The van der Waals surface area contributed by atoms with Crippen molar-refractivity contribution in [2.45, 2.75) is 57.8 Å². The molecule has 0 N–H and O–H groups in total. The first kappa shape index (κ1) is 17.6. The van der Waals surface area contributed by atoms with Crippen molar-refractivity contribution in [2.24, 2.45) is 0 Å². The van der Waals surface area contributed by atoms with E-state index in [-0.39, 0.29) is 23.7 Å². The van der Waals surface area contributed by atoms with Crippen LogP contribution in [0.3, 0.4) is 0 Å². The highest BCUT2D eigenvalue weighted by Crippen LogP contribution is 2.21. The Morgan fingerprint density at radius 2 is 2.04 bits per heavy atom. The Morgan fingerprint density at radius 1 is 1.30 bits per heavy atom. The van der Waals surface area contributed by atoms with E-state index in [2.05, 4.69) is 16.9 Å². The van der Waals surface area contributed by atoms with Gasteiger partial charge in [0.2, 0.25) is 0 Å². The summed E-state index contributed by atoms with van der Waals surface area (Å²) in [6.07, 6.45) is 7.47. The third-order valence-corrected chi connectivity index (χ3v) is 5.80. The zero-order valence-electron chi connectivity index (χ0n) is 14.0. The molecule has 0 saturated carbocycles. The van der Waals surface area contributed by atoms with Crippen LogP contribution >= 0.6 is 0 Å². The number of hydrogen-bond donors (Lipinski definition) is 0. The summed E-state index contributed by atoms with van der Waals surface area (Å²) in [6, 6.07) is 3.72. The Kier molecular flexibility index (Phi) is 5.54. The number of nitrogens with zero attached hydrogens (tertiary/aromatic N) is 4. The number of pyridine rings is 1. The van der Waals surface area contributed by atoms with Gasteiger partial charge in [0.1, 0.15) is 0 Å². The van der Waals surface area contributed by atoms with Gasteiger partial charge in [-0.05, 0) is 38.8 Å². The standard InChI is InChI=1S/C16H24N4O2S/c1-5-14(4)19-11-16(18-12-19)23(21,22)20(13(2)3)10-15-7-6-8-17-9-15/h6-9,11-14H,5,10H2,1-4H3/t14-/m1/s1. The summed E-state index contributed by atoms with van der Waals surface area (Å²) in [5.74, 6) is 0. The number of sulfonamides is 1. The van der Waals surface area contributed by atoms with E-state index in [1.807, 2.05) is 31.4 Å². The second kappa shape index (κ2) is 7.23. The van der Waals surface area contributed by atoms with Gasteiger partial charge in [0.05, 0.1) is 6.33 Å². The van der Waals surface area contributed by atoms with Crippen LogP contribution in [0.2, 0.25) is 0 Å². The summed E-state index contributed by atoms with van der Waals surface area (Å²) in [7, 11) is -3.65. The number of rotatable bonds is 7. The minimum Gasteiger partial charge on any atom is -0.333 e. The van der Waals surface area contributed by atoms with E-state index in [4.69, 9.17) is 0 Å². The lowest BCUT2D eigenvalue weighted by Gasteiger charge is -2.24. The molecule has 0 radical (unpaired) electrons. The third kappa shape index (κ3) is 3.97. The van der Waals surface area contributed by atoms with Crippen LogP contribution < -0.4 is 0 Å². The Balaban J connectivity index is 2.32. The molecule has 7 heteroatoms. The van der Waals surface area contributed by atoms with Crippen molar-refractivity contribution >= 4 is 10.0 Å². The molecular weight excluding hydrogens is 312 g/mol. The van der Waals surface area contributed by atoms with E-state index in [1.54, 1.807) is 31.0 Å². The maximum Gasteiger partial charge on any atom is 0.262 e. The van der Waals surface area contributed by atoms with Crippen molar-refractivity contribution in [1.29, 1.82) is 0 Å². The molecule has 0 aliphatic rings. The van der Waals surface area contributed by atoms with E-state index in [0.717, 1.165) is 12.0 Å². The molecule has 0 aromatic carbocycles. The van der Waals surface area contributed by atoms with Gasteiger partial charge in [-0.25, -0.2) is 13.4 Å². The molecule has 0 unspecified atom stereocenters.